The van der Waals surface area contributed by atoms with Gasteiger partial charge in [-0.1, -0.05) is 33.1 Å². The molecular formula is C13H21N3O2. The number of hydrogen-bond acceptors (Lipinski definition) is 4. The summed E-state index contributed by atoms with van der Waals surface area (Å²) in [6.07, 6.45) is 6.10. The molecular weight excluding hydrogens is 230 g/mol. The third kappa shape index (κ3) is 4.69. The van der Waals surface area contributed by atoms with Crippen molar-refractivity contribution in [3.8, 4) is 0 Å². The van der Waals surface area contributed by atoms with Crippen LogP contribution in [-0.4, -0.2) is 16.5 Å². The molecule has 0 aliphatic rings. The second kappa shape index (κ2) is 7.63. The van der Waals surface area contributed by atoms with Gasteiger partial charge in [0.25, 0.3) is 5.69 Å². The summed E-state index contributed by atoms with van der Waals surface area (Å²) in [7, 11) is 0. The van der Waals surface area contributed by atoms with Crippen LogP contribution in [0.3, 0.4) is 0 Å². The van der Waals surface area contributed by atoms with E-state index in [0.717, 1.165) is 13.0 Å². The van der Waals surface area contributed by atoms with E-state index in [9.17, 15) is 10.1 Å². The van der Waals surface area contributed by atoms with E-state index in [4.69, 9.17) is 0 Å². The summed E-state index contributed by atoms with van der Waals surface area (Å²) >= 11 is 0. The number of rotatable bonds is 8. The molecule has 0 radical (unpaired) electrons. The van der Waals surface area contributed by atoms with Crippen molar-refractivity contribution in [3.05, 3.63) is 28.4 Å². The van der Waals surface area contributed by atoms with Crippen molar-refractivity contribution in [1.29, 1.82) is 0 Å². The third-order valence-electron chi connectivity index (χ3n) is 3.07. The molecule has 0 spiro atoms. The lowest BCUT2D eigenvalue weighted by Gasteiger charge is -2.15. The Labute approximate surface area is 108 Å². The van der Waals surface area contributed by atoms with Crippen LogP contribution in [0.1, 0.15) is 39.5 Å². The number of pyridine rings is 1. The Morgan fingerprint density at radius 2 is 2.22 bits per heavy atom. The van der Waals surface area contributed by atoms with Gasteiger partial charge in [-0.3, -0.25) is 10.1 Å². The summed E-state index contributed by atoms with van der Waals surface area (Å²) in [5, 5.41) is 13.7. The summed E-state index contributed by atoms with van der Waals surface area (Å²) in [6.45, 7) is 5.25. The standard InChI is InChI=1S/C13H21N3O2/c1-3-5-6-11(4-2)9-14-13-8-7-12(10-15-13)16(17)18/h7-8,10-11H,3-6,9H2,1-2H3,(H,14,15). The van der Waals surface area contributed by atoms with Crippen molar-refractivity contribution in [1.82, 2.24) is 4.98 Å². The van der Waals surface area contributed by atoms with Crippen molar-refractivity contribution >= 4 is 11.5 Å². The van der Waals surface area contributed by atoms with Crippen molar-refractivity contribution in [3.63, 3.8) is 0 Å². The molecule has 0 amide bonds. The Morgan fingerprint density at radius 1 is 1.44 bits per heavy atom. The molecule has 0 saturated heterocycles. The van der Waals surface area contributed by atoms with Crippen LogP contribution in [0.5, 0.6) is 0 Å². The summed E-state index contributed by atoms with van der Waals surface area (Å²) < 4.78 is 0. The molecule has 1 aromatic rings. The molecule has 0 aliphatic heterocycles. The molecule has 0 bridgehead atoms. The zero-order valence-electron chi connectivity index (χ0n) is 11.1. The van der Waals surface area contributed by atoms with Crippen LogP contribution in [0, 0.1) is 16.0 Å². The van der Waals surface area contributed by atoms with Crippen LogP contribution in [-0.2, 0) is 0 Å². The highest BCUT2D eigenvalue weighted by Crippen LogP contribution is 2.15. The molecule has 0 saturated carbocycles. The van der Waals surface area contributed by atoms with Gasteiger partial charge in [-0.05, 0) is 18.4 Å². The normalized spacial score (nSPS) is 12.1. The Balaban J connectivity index is 2.44. The number of nitro groups is 1. The average molecular weight is 251 g/mol. The van der Waals surface area contributed by atoms with Gasteiger partial charge in [-0.2, -0.15) is 0 Å². The van der Waals surface area contributed by atoms with Gasteiger partial charge in [-0.25, -0.2) is 4.98 Å². The Bertz CT molecular complexity index is 365. The smallest absolute Gasteiger partial charge is 0.287 e. The van der Waals surface area contributed by atoms with E-state index in [1.165, 1.54) is 31.5 Å². The quantitative estimate of drug-likeness (QED) is 0.566. The largest absolute Gasteiger partial charge is 0.370 e. The molecule has 0 aromatic carbocycles. The van der Waals surface area contributed by atoms with E-state index < -0.39 is 4.92 Å². The van der Waals surface area contributed by atoms with Gasteiger partial charge in [0, 0.05) is 12.6 Å². The van der Waals surface area contributed by atoms with Gasteiger partial charge < -0.3 is 5.32 Å². The van der Waals surface area contributed by atoms with Gasteiger partial charge in [0.2, 0.25) is 0 Å². The first-order chi connectivity index (χ1) is 8.67. The topological polar surface area (TPSA) is 68.1 Å². The fourth-order valence-corrected chi connectivity index (χ4v) is 1.79. The van der Waals surface area contributed by atoms with Crippen molar-refractivity contribution in [2.24, 2.45) is 5.92 Å². The molecule has 5 nitrogen and oxygen atoms in total. The maximum atomic E-state index is 10.5. The number of aromatic nitrogens is 1. The lowest BCUT2D eigenvalue weighted by molar-refractivity contribution is -0.385. The average Bonchev–Trinajstić information content (AvgIpc) is 2.39. The molecule has 1 atom stereocenters. The van der Waals surface area contributed by atoms with Gasteiger partial charge in [0.05, 0.1) is 4.92 Å². The predicted octanol–water partition coefficient (Wildman–Crippen LogP) is 3.62. The zero-order chi connectivity index (χ0) is 13.4. The number of anilines is 1. The van der Waals surface area contributed by atoms with Crippen molar-refractivity contribution < 1.29 is 4.92 Å². The van der Waals surface area contributed by atoms with Crippen molar-refractivity contribution in [2.75, 3.05) is 11.9 Å². The van der Waals surface area contributed by atoms with E-state index in [-0.39, 0.29) is 5.69 Å². The van der Waals surface area contributed by atoms with Crippen LogP contribution in [0.25, 0.3) is 0 Å². The Morgan fingerprint density at radius 3 is 2.72 bits per heavy atom. The molecule has 1 heterocycles. The predicted molar refractivity (Wildman–Crippen MR) is 72.7 cm³/mol. The summed E-state index contributed by atoms with van der Waals surface area (Å²) in [5.74, 6) is 1.34. The van der Waals surface area contributed by atoms with E-state index in [1.807, 2.05) is 0 Å². The van der Waals surface area contributed by atoms with Crippen molar-refractivity contribution in [2.45, 2.75) is 39.5 Å². The maximum Gasteiger partial charge on any atom is 0.287 e. The molecule has 18 heavy (non-hydrogen) atoms. The van der Waals surface area contributed by atoms with Gasteiger partial charge in [-0.15, -0.1) is 0 Å². The molecule has 100 valence electrons. The lowest BCUT2D eigenvalue weighted by Crippen LogP contribution is -2.14. The second-order valence-corrected chi connectivity index (χ2v) is 4.46. The molecule has 0 aliphatic carbocycles. The highest BCUT2D eigenvalue weighted by atomic mass is 16.6. The fourth-order valence-electron chi connectivity index (χ4n) is 1.79. The highest BCUT2D eigenvalue weighted by Gasteiger charge is 2.08. The van der Waals surface area contributed by atoms with Crippen LogP contribution in [0.2, 0.25) is 0 Å². The minimum absolute atomic E-state index is 0.0265. The van der Waals surface area contributed by atoms with Crippen LogP contribution < -0.4 is 5.32 Å². The molecule has 5 heteroatoms. The monoisotopic (exact) mass is 251 g/mol. The molecule has 0 fully saturated rings. The third-order valence-corrected chi connectivity index (χ3v) is 3.07. The van der Waals surface area contributed by atoms with Gasteiger partial charge in [0.15, 0.2) is 0 Å². The molecule has 1 N–H and O–H groups in total. The zero-order valence-corrected chi connectivity index (χ0v) is 11.1. The first kappa shape index (κ1) is 14.4. The van der Waals surface area contributed by atoms with E-state index >= 15 is 0 Å². The number of unbranched alkanes of at least 4 members (excludes halogenated alkanes) is 1. The fraction of sp³-hybridized carbons (Fsp3) is 0.615. The van der Waals surface area contributed by atoms with Gasteiger partial charge in [0.1, 0.15) is 12.0 Å². The highest BCUT2D eigenvalue weighted by molar-refractivity contribution is 5.40. The first-order valence-corrected chi connectivity index (χ1v) is 6.51. The minimum atomic E-state index is -0.438. The minimum Gasteiger partial charge on any atom is -0.370 e. The molecule has 1 aromatic heterocycles. The van der Waals surface area contributed by atoms with Gasteiger partial charge >= 0.3 is 0 Å². The van der Waals surface area contributed by atoms with E-state index in [1.54, 1.807) is 6.07 Å². The van der Waals surface area contributed by atoms with E-state index in [2.05, 4.69) is 24.1 Å². The first-order valence-electron chi connectivity index (χ1n) is 6.51. The van der Waals surface area contributed by atoms with E-state index in [0.29, 0.717) is 11.7 Å². The van der Waals surface area contributed by atoms with Crippen LogP contribution in [0.15, 0.2) is 18.3 Å². The Hall–Kier alpha value is -1.65. The summed E-state index contributed by atoms with van der Waals surface area (Å²) in [6, 6.07) is 3.13. The Kier molecular flexibility index (Phi) is 6.11. The molecule has 1 unspecified atom stereocenters. The second-order valence-electron chi connectivity index (χ2n) is 4.46. The lowest BCUT2D eigenvalue weighted by atomic mass is 9.99. The number of nitrogens with one attached hydrogen (secondary N) is 1. The molecule has 1 rings (SSSR count). The number of nitrogens with zero attached hydrogens (tertiary/aromatic N) is 2. The SMILES string of the molecule is CCCCC(CC)CNc1ccc([N+](=O)[O-])cn1. The van der Waals surface area contributed by atoms with Crippen LogP contribution >= 0.6 is 0 Å². The van der Waals surface area contributed by atoms with Crippen LogP contribution in [0.4, 0.5) is 11.5 Å². The summed E-state index contributed by atoms with van der Waals surface area (Å²) in [5.41, 5.74) is 0.0265. The summed E-state index contributed by atoms with van der Waals surface area (Å²) in [4.78, 5) is 14.1. The maximum absolute atomic E-state index is 10.5. The number of hydrogen-bond donors (Lipinski definition) is 1.